The number of benzene rings is 1. The van der Waals surface area contributed by atoms with Crippen LogP contribution >= 0.6 is 23.2 Å². The Bertz CT molecular complexity index is 486. The quantitative estimate of drug-likeness (QED) is 0.907. The van der Waals surface area contributed by atoms with Crippen molar-refractivity contribution in [3.63, 3.8) is 0 Å². The topological polar surface area (TPSA) is 29.5 Å². The van der Waals surface area contributed by atoms with Crippen LogP contribution in [0.25, 0.3) is 0 Å². The molecular formula is C13H13Cl2N2+. The van der Waals surface area contributed by atoms with E-state index in [0.717, 1.165) is 18.7 Å². The Hall–Kier alpha value is -1.09. The first-order valence-corrected chi connectivity index (χ1v) is 6.16. The van der Waals surface area contributed by atoms with Crippen molar-refractivity contribution in [2.24, 2.45) is 0 Å². The van der Waals surface area contributed by atoms with Gasteiger partial charge in [0.2, 0.25) is 0 Å². The largest absolute Gasteiger partial charge is 0.339 e. The molecule has 0 aliphatic carbocycles. The van der Waals surface area contributed by atoms with Gasteiger partial charge in [-0.3, -0.25) is 4.98 Å². The Morgan fingerprint density at radius 1 is 1.06 bits per heavy atom. The molecule has 2 nitrogen and oxygen atoms in total. The van der Waals surface area contributed by atoms with Gasteiger partial charge in [-0.1, -0.05) is 41.4 Å². The molecule has 0 fully saturated rings. The fourth-order valence-corrected chi connectivity index (χ4v) is 2.02. The molecule has 2 aromatic rings. The molecule has 1 aromatic heterocycles. The Labute approximate surface area is 111 Å². The lowest BCUT2D eigenvalue weighted by molar-refractivity contribution is -0.686. The van der Waals surface area contributed by atoms with Crippen LogP contribution in [-0.2, 0) is 13.1 Å². The van der Waals surface area contributed by atoms with Gasteiger partial charge < -0.3 is 5.32 Å². The summed E-state index contributed by atoms with van der Waals surface area (Å²) in [5.41, 5.74) is 2.26. The molecule has 0 aliphatic rings. The van der Waals surface area contributed by atoms with Gasteiger partial charge in [0.25, 0.3) is 0 Å². The average molecular weight is 268 g/mol. The van der Waals surface area contributed by atoms with Crippen LogP contribution in [0, 0.1) is 0 Å². The Morgan fingerprint density at radius 2 is 1.94 bits per heavy atom. The average Bonchev–Trinajstić information content (AvgIpc) is 2.36. The Balaban J connectivity index is 1.93. The fraction of sp³-hybridized carbons (Fsp3) is 0.154. The van der Waals surface area contributed by atoms with E-state index in [1.165, 1.54) is 5.56 Å². The van der Waals surface area contributed by atoms with Crippen LogP contribution in [0.2, 0.25) is 10.0 Å². The SMILES string of the molecule is Clc1cccc(C[NH2+]Cc2cccnc2)c1Cl. The zero-order valence-electron chi connectivity index (χ0n) is 9.24. The number of nitrogens with two attached hydrogens (primary N) is 1. The van der Waals surface area contributed by atoms with E-state index >= 15 is 0 Å². The van der Waals surface area contributed by atoms with Crippen LogP contribution < -0.4 is 5.32 Å². The lowest BCUT2D eigenvalue weighted by Crippen LogP contribution is -2.80. The molecule has 88 valence electrons. The van der Waals surface area contributed by atoms with Crippen molar-refractivity contribution in [2.75, 3.05) is 0 Å². The summed E-state index contributed by atoms with van der Waals surface area (Å²) in [5, 5.41) is 3.43. The second-order valence-corrected chi connectivity index (χ2v) is 4.56. The van der Waals surface area contributed by atoms with Crippen molar-refractivity contribution >= 4 is 23.2 Å². The molecule has 4 heteroatoms. The first kappa shape index (κ1) is 12.4. The summed E-state index contributed by atoms with van der Waals surface area (Å²) in [5.74, 6) is 0. The first-order chi connectivity index (χ1) is 8.27. The molecule has 2 N–H and O–H groups in total. The highest BCUT2D eigenvalue weighted by Gasteiger charge is 2.05. The molecule has 2 rings (SSSR count). The smallest absolute Gasteiger partial charge is 0.103 e. The summed E-state index contributed by atoms with van der Waals surface area (Å²) in [6.07, 6.45) is 3.65. The highest BCUT2D eigenvalue weighted by Crippen LogP contribution is 2.24. The predicted octanol–water partition coefficient (Wildman–Crippen LogP) is 2.65. The molecule has 0 spiro atoms. The van der Waals surface area contributed by atoms with Gasteiger partial charge >= 0.3 is 0 Å². The first-order valence-electron chi connectivity index (χ1n) is 5.41. The molecule has 0 radical (unpaired) electrons. The van der Waals surface area contributed by atoms with Crippen LogP contribution in [-0.4, -0.2) is 4.98 Å². The second-order valence-electron chi connectivity index (χ2n) is 3.77. The molecule has 0 saturated heterocycles. The number of nitrogens with zero attached hydrogens (tertiary/aromatic N) is 1. The van der Waals surface area contributed by atoms with Crippen LogP contribution in [0.4, 0.5) is 0 Å². The van der Waals surface area contributed by atoms with E-state index in [-0.39, 0.29) is 0 Å². The van der Waals surface area contributed by atoms with Gasteiger partial charge in [0.15, 0.2) is 0 Å². The molecule has 0 aliphatic heterocycles. The molecule has 0 atom stereocenters. The molecule has 0 saturated carbocycles. The third-order valence-electron chi connectivity index (χ3n) is 2.50. The van der Waals surface area contributed by atoms with Crippen molar-refractivity contribution in [2.45, 2.75) is 13.1 Å². The van der Waals surface area contributed by atoms with Crippen molar-refractivity contribution in [3.8, 4) is 0 Å². The number of halogens is 2. The third-order valence-corrected chi connectivity index (χ3v) is 3.36. The number of aromatic nitrogens is 1. The normalized spacial score (nSPS) is 10.5. The summed E-state index contributed by atoms with van der Waals surface area (Å²) in [6, 6.07) is 9.71. The third kappa shape index (κ3) is 3.43. The minimum absolute atomic E-state index is 0.610. The van der Waals surface area contributed by atoms with Gasteiger partial charge in [0.1, 0.15) is 13.1 Å². The van der Waals surface area contributed by atoms with Crippen LogP contribution in [0.5, 0.6) is 0 Å². The molecule has 0 amide bonds. The fourth-order valence-electron chi connectivity index (χ4n) is 1.62. The molecule has 0 bridgehead atoms. The molecular weight excluding hydrogens is 255 g/mol. The van der Waals surface area contributed by atoms with Crippen LogP contribution in [0.15, 0.2) is 42.7 Å². The maximum atomic E-state index is 6.11. The summed E-state index contributed by atoms with van der Waals surface area (Å²) < 4.78 is 0. The highest BCUT2D eigenvalue weighted by atomic mass is 35.5. The maximum Gasteiger partial charge on any atom is 0.103 e. The van der Waals surface area contributed by atoms with Gasteiger partial charge in [0, 0.05) is 23.5 Å². The summed E-state index contributed by atoms with van der Waals surface area (Å²) >= 11 is 12.1. The van der Waals surface area contributed by atoms with Gasteiger partial charge in [-0.15, -0.1) is 0 Å². The number of rotatable bonds is 4. The monoisotopic (exact) mass is 267 g/mol. The van der Waals surface area contributed by atoms with Crippen LogP contribution in [0.3, 0.4) is 0 Å². The molecule has 1 heterocycles. The summed E-state index contributed by atoms with van der Waals surface area (Å²) in [4.78, 5) is 4.07. The Morgan fingerprint density at radius 3 is 2.71 bits per heavy atom. The van der Waals surface area contributed by atoms with E-state index in [0.29, 0.717) is 10.0 Å². The van der Waals surface area contributed by atoms with Gasteiger partial charge in [0.05, 0.1) is 10.0 Å². The predicted molar refractivity (Wildman–Crippen MR) is 70.0 cm³/mol. The minimum Gasteiger partial charge on any atom is -0.339 e. The van der Waals surface area contributed by atoms with E-state index in [9.17, 15) is 0 Å². The number of hydrogen-bond acceptors (Lipinski definition) is 1. The highest BCUT2D eigenvalue weighted by molar-refractivity contribution is 6.42. The lowest BCUT2D eigenvalue weighted by atomic mass is 10.2. The van der Waals surface area contributed by atoms with E-state index in [2.05, 4.69) is 16.4 Å². The zero-order valence-corrected chi connectivity index (χ0v) is 10.7. The van der Waals surface area contributed by atoms with Gasteiger partial charge in [-0.25, -0.2) is 0 Å². The minimum atomic E-state index is 0.610. The molecule has 0 unspecified atom stereocenters. The maximum absolute atomic E-state index is 6.11. The van der Waals surface area contributed by atoms with E-state index in [4.69, 9.17) is 23.2 Å². The summed E-state index contributed by atoms with van der Waals surface area (Å²) in [6.45, 7) is 1.70. The van der Waals surface area contributed by atoms with E-state index < -0.39 is 0 Å². The van der Waals surface area contributed by atoms with Gasteiger partial charge in [-0.05, 0) is 12.1 Å². The van der Waals surface area contributed by atoms with Crippen molar-refractivity contribution in [3.05, 3.63) is 63.9 Å². The van der Waals surface area contributed by atoms with E-state index in [1.54, 1.807) is 12.3 Å². The van der Waals surface area contributed by atoms with Crippen molar-refractivity contribution < 1.29 is 5.32 Å². The van der Waals surface area contributed by atoms with Gasteiger partial charge in [-0.2, -0.15) is 0 Å². The number of pyridine rings is 1. The van der Waals surface area contributed by atoms with Crippen molar-refractivity contribution in [1.29, 1.82) is 0 Å². The zero-order chi connectivity index (χ0) is 12.1. The van der Waals surface area contributed by atoms with Crippen molar-refractivity contribution in [1.82, 2.24) is 4.98 Å². The molecule has 1 aromatic carbocycles. The summed E-state index contributed by atoms with van der Waals surface area (Å²) in [7, 11) is 0. The van der Waals surface area contributed by atoms with E-state index in [1.807, 2.05) is 24.4 Å². The van der Waals surface area contributed by atoms with Crippen LogP contribution in [0.1, 0.15) is 11.1 Å². The lowest BCUT2D eigenvalue weighted by Gasteiger charge is -2.05. The molecule has 17 heavy (non-hydrogen) atoms. The number of quaternary nitrogens is 1. The number of hydrogen-bond donors (Lipinski definition) is 1. The second kappa shape index (κ2) is 6.01. The Kier molecular flexibility index (Phi) is 4.37. The standard InChI is InChI=1S/C13H12Cl2N2/c14-12-5-1-4-11(13(12)15)9-17-8-10-3-2-6-16-7-10/h1-7,17H,8-9H2/p+1.